The summed E-state index contributed by atoms with van der Waals surface area (Å²) in [6.45, 7) is 2.30. The van der Waals surface area contributed by atoms with Gasteiger partial charge in [0.1, 0.15) is 17.2 Å². The third kappa shape index (κ3) is 2.97. The SMILES string of the molecule is Cc1c(CNC(=O)NC2CCc3ccc(F)cc32)oc2ccccc12. The van der Waals surface area contributed by atoms with E-state index in [4.69, 9.17) is 4.42 Å². The number of benzene rings is 2. The summed E-state index contributed by atoms with van der Waals surface area (Å²) >= 11 is 0. The molecule has 1 atom stereocenters. The Bertz CT molecular complexity index is 948. The minimum atomic E-state index is -0.276. The van der Waals surface area contributed by atoms with Gasteiger partial charge in [-0.15, -0.1) is 0 Å². The number of aryl methyl sites for hydroxylation is 2. The second kappa shape index (κ2) is 6.24. The van der Waals surface area contributed by atoms with Crippen LogP contribution in [0, 0.1) is 12.7 Å². The normalized spacial score (nSPS) is 16.0. The Hall–Kier alpha value is -2.82. The van der Waals surface area contributed by atoms with Crippen LogP contribution in [-0.2, 0) is 13.0 Å². The standard InChI is InChI=1S/C20H19FN2O2/c1-12-15-4-2-3-5-18(15)25-19(12)11-22-20(24)23-17-9-7-13-6-8-14(21)10-16(13)17/h2-6,8,10,17H,7,9,11H2,1H3,(H2,22,23,24). The molecule has 0 aliphatic heterocycles. The van der Waals surface area contributed by atoms with Gasteiger partial charge in [-0.1, -0.05) is 24.3 Å². The largest absolute Gasteiger partial charge is 0.459 e. The van der Waals surface area contributed by atoms with Crippen molar-refractivity contribution in [1.29, 1.82) is 0 Å². The van der Waals surface area contributed by atoms with Gasteiger partial charge < -0.3 is 15.1 Å². The fourth-order valence-corrected chi connectivity index (χ4v) is 3.49. The topological polar surface area (TPSA) is 54.3 Å². The number of amides is 2. The Morgan fingerprint density at radius 1 is 1.28 bits per heavy atom. The molecule has 0 saturated heterocycles. The lowest BCUT2D eigenvalue weighted by Gasteiger charge is -2.14. The van der Waals surface area contributed by atoms with Crippen LogP contribution in [0.2, 0.25) is 0 Å². The molecule has 25 heavy (non-hydrogen) atoms. The third-order valence-corrected chi connectivity index (χ3v) is 4.84. The number of carbonyl (C=O) groups is 1. The van der Waals surface area contributed by atoms with Gasteiger partial charge in [0.15, 0.2) is 0 Å². The Morgan fingerprint density at radius 3 is 2.96 bits per heavy atom. The van der Waals surface area contributed by atoms with E-state index in [0.29, 0.717) is 6.54 Å². The number of hydrogen-bond acceptors (Lipinski definition) is 2. The number of urea groups is 1. The van der Waals surface area contributed by atoms with Crippen LogP contribution in [0.15, 0.2) is 46.9 Å². The van der Waals surface area contributed by atoms with Crippen LogP contribution in [-0.4, -0.2) is 6.03 Å². The van der Waals surface area contributed by atoms with Crippen LogP contribution in [0.4, 0.5) is 9.18 Å². The molecule has 0 radical (unpaired) electrons. The first-order valence-electron chi connectivity index (χ1n) is 8.41. The Morgan fingerprint density at radius 2 is 2.12 bits per heavy atom. The van der Waals surface area contributed by atoms with Gasteiger partial charge in [-0.05, 0) is 49.1 Å². The summed E-state index contributed by atoms with van der Waals surface area (Å²) in [5.41, 5.74) is 3.82. The highest BCUT2D eigenvalue weighted by molar-refractivity contribution is 5.82. The summed E-state index contributed by atoms with van der Waals surface area (Å²) in [6, 6.07) is 12.1. The van der Waals surface area contributed by atoms with Gasteiger partial charge in [-0.25, -0.2) is 9.18 Å². The Kier molecular flexibility index (Phi) is 3.92. The van der Waals surface area contributed by atoms with Crippen LogP contribution >= 0.6 is 0 Å². The van der Waals surface area contributed by atoms with Crippen LogP contribution in [0.3, 0.4) is 0 Å². The molecule has 128 valence electrons. The highest BCUT2D eigenvalue weighted by atomic mass is 19.1. The maximum Gasteiger partial charge on any atom is 0.315 e. The van der Waals surface area contributed by atoms with E-state index in [0.717, 1.165) is 46.3 Å². The number of hydrogen-bond donors (Lipinski definition) is 2. The summed E-state index contributed by atoms with van der Waals surface area (Å²) in [5, 5.41) is 6.82. The minimum Gasteiger partial charge on any atom is -0.459 e. The van der Waals surface area contributed by atoms with E-state index in [2.05, 4.69) is 10.6 Å². The molecule has 2 N–H and O–H groups in total. The van der Waals surface area contributed by atoms with Crippen molar-refractivity contribution in [3.8, 4) is 0 Å². The minimum absolute atomic E-state index is 0.150. The van der Waals surface area contributed by atoms with Crippen molar-refractivity contribution in [1.82, 2.24) is 10.6 Å². The van der Waals surface area contributed by atoms with E-state index >= 15 is 0 Å². The van der Waals surface area contributed by atoms with E-state index in [9.17, 15) is 9.18 Å². The molecule has 1 aliphatic carbocycles. The summed E-state index contributed by atoms with van der Waals surface area (Å²) in [6.07, 6.45) is 1.64. The van der Waals surface area contributed by atoms with Gasteiger partial charge in [-0.2, -0.15) is 0 Å². The van der Waals surface area contributed by atoms with Crippen molar-refractivity contribution in [2.75, 3.05) is 0 Å². The lowest BCUT2D eigenvalue weighted by molar-refractivity contribution is 0.235. The molecule has 0 saturated carbocycles. The van der Waals surface area contributed by atoms with Crippen molar-refractivity contribution < 1.29 is 13.6 Å². The summed E-state index contributed by atoms with van der Waals surface area (Å²) < 4.78 is 19.2. The molecule has 1 unspecified atom stereocenters. The average molecular weight is 338 g/mol. The number of halogens is 1. The third-order valence-electron chi connectivity index (χ3n) is 4.84. The molecule has 3 aromatic rings. The smallest absolute Gasteiger partial charge is 0.315 e. The molecule has 2 amide bonds. The van der Waals surface area contributed by atoms with E-state index in [-0.39, 0.29) is 17.9 Å². The molecule has 2 aromatic carbocycles. The van der Waals surface area contributed by atoms with Gasteiger partial charge in [0, 0.05) is 10.9 Å². The molecule has 4 nitrogen and oxygen atoms in total. The maximum atomic E-state index is 13.4. The molecule has 0 fully saturated rings. The number of nitrogens with one attached hydrogen (secondary N) is 2. The average Bonchev–Trinajstić information content (AvgIpc) is 3.15. The van der Waals surface area contributed by atoms with E-state index in [1.165, 1.54) is 12.1 Å². The van der Waals surface area contributed by atoms with Crippen molar-refractivity contribution in [2.45, 2.75) is 32.4 Å². The van der Waals surface area contributed by atoms with Crippen molar-refractivity contribution in [3.05, 3.63) is 70.7 Å². The van der Waals surface area contributed by atoms with Gasteiger partial charge in [0.2, 0.25) is 0 Å². The van der Waals surface area contributed by atoms with Crippen molar-refractivity contribution in [3.63, 3.8) is 0 Å². The van der Waals surface area contributed by atoms with Crippen molar-refractivity contribution >= 4 is 17.0 Å². The number of para-hydroxylation sites is 1. The molecule has 1 heterocycles. The van der Waals surface area contributed by atoms with Gasteiger partial charge in [0.05, 0.1) is 12.6 Å². The molecular weight excluding hydrogens is 319 g/mol. The molecule has 0 bridgehead atoms. The molecule has 1 aromatic heterocycles. The predicted octanol–water partition coefficient (Wildman–Crippen LogP) is 4.37. The van der Waals surface area contributed by atoms with Gasteiger partial charge in [-0.3, -0.25) is 0 Å². The number of carbonyl (C=O) groups excluding carboxylic acids is 1. The second-order valence-corrected chi connectivity index (χ2v) is 6.41. The summed E-state index contributed by atoms with van der Waals surface area (Å²) in [5.74, 6) is 0.472. The summed E-state index contributed by atoms with van der Waals surface area (Å²) in [4.78, 5) is 12.2. The fraction of sp³-hybridized carbons (Fsp3) is 0.250. The molecule has 1 aliphatic rings. The van der Waals surface area contributed by atoms with E-state index in [1.54, 1.807) is 6.07 Å². The zero-order valence-electron chi connectivity index (χ0n) is 13.9. The monoisotopic (exact) mass is 338 g/mol. The number of fused-ring (bicyclic) bond motifs is 2. The fourth-order valence-electron chi connectivity index (χ4n) is 3.49. The first-order chi connectivity index (χ1) is 12.1. The maximum absolute atomic E-state index is 13.4. The number of rotatable bonds is 3. The lowest BCUT2D eigenvalue weighted by atomic mass is 10.1. The molecule has 4 rings (SSSR count). The zero-order valence-corrected chi connectivity index (χ0v) is 13.9. The van der Waals surface area contributed by atoms with E-state index in [1.807, 2.05) is 31.2 Å². The second-order valence-electron chi connectivity index (χ2n) is 6.41. The van der Waals surface area contributed by atoms with Crippen LogP contribution in [0.1, 0.15) is 34.9 Å². The zero-order chi connectivity index (χ0) is 17.4. The van der Waals surface area contributed by atoms with Gasteiger partial charge in [0.25, 0.3) is 0 Å². The first-order valence-corrected chi connectivity index (χ1v) is 8.41. The van der Waals surface area contributed by atoms with Crippen LogP contribution in [0.25, 0.3) is 11.0 Å². The summed E-state index contributed by atoms with van der Waals surface area (Å²) in [7, 11) is 0. The van der Waals surface area contributed by atoms with Crippen LogP contribution < -0.4 is 10.6 Å². The first kappa shape index (κ1) is 15.7. The highest BCUT2D eigenvalue weighted by Crippen LogP contribution is 2.31. The highest BCUT2D eigenvalue weighted by Gasteiger charge is 2.24. The Balaban J connectivity index is 1.42. The quantitative estimate of drug-likeness (QED) is 0.745. The van der Waals surface area contributed by atoms with E-state index < -0.39 is 0 Å². The molecule has 5 heteroatoms. The van der Waals surface area contributed by atoms with Crippen LogP contribution in [0.5, 0.6) is 0 Å². The molecule has 0 spiro atoms. The molecular formula is C20H19FN2O2. The lowest BCUT2D eigenvalue weighted by Crippen LogP contribution is -2.37. The predicted molar refractivity (Wildman–Crippen MR) is 93.8 cm³/mol. The van der Waals surface area contributed by atoms with Crippen molar-refractivity contribution in [2.24, 2.45) is 0 Å². The number of furan rings is 1. The van der Waals surface area contributed by atoms with Gasteiger partial charge >= 0.3 is 6.03 Å². The Labute approximate surface area is 145 Å².